The van der Waals surface area contributed by atoms with Crippen LogP contribution in [0.1, 0.15) is 72.5 Å². The van der Waals surface area contributed by atoms with E-state index in [1.54, 1.807) is 0 Å². The molecule has 1 aliphatic heterocycles. The maximum absolute atomic E-state index is 10.2. The maximum Gasteiger partial charge on any atom is 0.186 e. The summed E-state index contributed by atoms with van der Waals surface area (Å²) in [6, 6.07) is 0. The van der Waals surface area contributed by atoms with Crippen molar-refractivity contribution in [1.82, 2.24) is 0 Å². The van der Waals surface area contributed by atoms with E-state index < -0.39 is 37.3 Å². The summed E-state index contributed by atoms with van der Waals surface area (Å²) in [5, 5.41) is 29.6. The molecule has 0 aromatic rings. The van der Waals surface area contributed by atoms with Crippen LogP contribution in [0.4, 0.5) is 0 Å². The Balaban J connectivity index is 2.21. The second-order valence-corrected chi connectivity index (χ2v) is 6.83. The lowest BCUT2D eigenvalue weighted by atomic mass is 9.99. The van der Waals surface area contributed by atoms with E-state index >= 15 is 0 Å². The van der Waals surface area contributed by atoms with Crippen molar-refractivity contribution < 1.29 is 30.9 Å². The maximum atomic E-state index is 10.2. The van der Waals surface area contributed by atoms with Gasteiger partial charge in [0.15, 0.2) is 6.29 Å². The molecule has 0 amide bonds. The predicted molar refractivity (Wildman–Crippen MR) is 96.4 cm³/mol. The van der Waals surface area contributed by atoms with Gasteiger partial charge in [-0.25, -0.2) is 0 Å². The van der Waals surface area contributed by atoms with Crippen molar-refractivity contribution in [2.45, 2.75) is 102 Å². The molecule has 6 nitrogen and oxygen atoms in total. The Hall–Kier alpha value is -0.240. The molecule has 0 radical (unpaired) electrons. The highest BCUT2D eigenvalue weighted by molar-refractivity contribution is 4.90. The zero-order valence-corrected chi connectivity index (χ0v) is 15.8. The van der Waals surface area contributed by atoms with E-state index in [0.717, 1.165) is 12.8 Å². The number of aliphatic hydroxyl groups excluding tert-OH is 3. The lowest BCUT2D eigenvalue weighted by Crippen LogP contribution is -2.59. The van der Waals surface area contributed by atoms with Crippen molar-refractivity contribution in [3.05, 3.63) is 0 Å². The Bertz CT molecular complexity index is 344. The number of ether oxygens (including phenoxy) is 3. The van der Waals surface area contributed by atoms with Crippen LogP contribution < -0.4 is 0 Å². The highest BCUT2D eigenvalue weighted by atomic mass is 16.7. The topological polar surface area (TPSA) is 88.4 Å². The summed E-state index contributed by atoms with van der Waals surface area (Å²) in [7, 11) is 1.35. The van der Waals surface area contributed by atoms with Gasteiger partial charge in [0, 0.05) is 13.7 Å². The molecule has 0 spiro atoms. The number of unbranched alkanes of at least 4 members (excludes halogenated alkanes) is 8. The van der Waals surface area contributed by atoms with Gasteiger partial charge >= 0.3 is 0 Å². The van der Waals surface area contributed by atoms with Crippen LogP contribution in [0.15, 0.2) is 0 Å². The molecule has 150 valence electrons. The molecule has 0 bridgehead atoms. The van der Waals surface area contributed by atoms with Gasteiger partial charge in [-0.05, 0) is 6.42 Å². The van der Waals surface area contributed by atoms with E-state index in [2.05, 4.69) is 6.92 Å². The minimum Gasteiger partial charge on any atom is -0.394 e. The Morgan fingerprint density at radius 1 is 0.920 bits per heavy atom. The lowest BCUT2D eigenvalue weighted by Gasteiger charge is -2.41. The van der Waals surface area contributed by atoms with Gasteiger partial charge < -0.3 is 29.5 Å². The summed E-state index contributed by atoms with van der Waals surface area (Å²) in [5.41, 5.74) is 0. The van der Waals surface area contributed by atoms with Crippen molar-refractivity contribution in [3.63, 3.8) is 0 Å². The standard InChI is InChI=1S/C19H38O6/c1-3-4-5-6-7-8-9-10-11-12-13-24-18-15(14-20)25-19(23-2)17(22)16(18)21/h15-22H,3-14H2,1-2H3/t15-,16-,17-,18-,19?/m1/s1/i13D/t13?,15-,16-,17-,18-,19?. The fourth-order valence-corrected chi connectivity index (χ4v) is 3.13. The molecule has 6 atom stereocenters. The molecule has 3 N–H and O–H groups in total. The zero-order chi connectivity index (χ0) is 19.4. The lowest BCUT2D eigenvalue weighted by molar-refractivity contribution is -0.301. The highest BCUT2D eigenvalue weighted by Gasteiger charge is 2.45. The molecule has 2 unspecified atom stereocenters. The summed E-state index contributed by atoms with van der Waals surface area (Å²) in [4.78, 5) is 0. The first kappa shape index (κ1) is 21.1. The fourth-order valence-electron chi connectivity index (χ4n) is 3.13. The number of hydrogen-bond acceptors (Lipinski definition) is 6. The predicted octanol–water partition coefficient (Wildman–Crippen LogP) is 2.38. The van der Waals surface area contributed by atoms with E-state index in [-0.39, 0.29) is 6.61 Å². The molecular weight excluding hydrogens is 324 g/mol. The Kier molecular flexibility index (Phi) is 11.7. The van der Waals surface area contributed by atoms with Crippen molar-refractivity contribution in [2.75, 3.05) is 20.3 Å². The zero-order valence-electron chi connectivity index (χ0n) is 16.8. The van der Waals surface area contributed by atoms with Gasteiger partial charge in [-0.3, -0.25) is 0 Å². The van der Waals surface area contributed by atoms with Gasteiger partial charge in [-0.15, -0.1) is 0 Å². The molecule has 25 heavy (non-hydrogen) atoms. The van der Waals surface area contributed by atoms with Crippen molar-refractivity contribution in [2.24, 2.45) is 0 Å². The minimum absolute atomic E-state index is 0.376. The van der Waals surface area contributed by atoms with Crippen LogP contribution in [-0.4, -0.2) is 66.3 Å². The molecule has 1 aliphatic rings. The van der Waals surface area contributed by atoms with E-state index in [1.807, 2.05) is 0 Å². The monoisotopic (exact) mass is 363 g/mol. The van der Waals surface area contributed by atoms with Crippen LogP contribution in [-0.2, 0) is 14.2 Å². The van der Waals surface area contributed by atoms with Crippen LogP contribution in [0.3, 0.4) is 0 Å². The third kappa shape index (κ3) is 8.33. The van der Waals surface area contributed by atoms with E-state index in [4.69, 9.17) is 15.6 Å². The second kappa shape index (κ2) is 13.9. The molecule has 0 saturated carbocycles. The number of aliphatic hydroxyl groups is 3. The number of methoxy groups -OCH3 is 1. The Morgan fingerprint density at radius 3 is 2.00 bits per heavy atom. The smallest absolute Gasteiger partial charge is 0.186 e. The molecule has 1 saturated heterocycles. The van der Waals surface area contributed by atoms with Crippen molar-refractivity contribution in [1.29, 1.82) is 0 Å². The fraction of sp³-hybridized carbons (Fsp3) is 1.00. The summed E-state index contributed by atoms with van der Waals surface area (Å²) >= 11 is 0. The summed E-state index contributed by atoms with van der Waals surface area (Å²) < 4.78 is 23.9. The first-order valence-electron chi connectivity index (χ1n) is 10.4. The summed E-state index contributed by atoms with van der Waals surface area (Å²) in [6.45, 7) is 1.03. The number of rotatable bonds is 14. The first-order valence-corrected chi connectivity index (χ1v) is 9.78. The summed E-state index contributed by atoms with van der Waals surface area (Å²) in [6.07, 6.45) is 6.11. The van der Waals surface area contributed by atoms with E-state index in [1.165, 1.54) is 52.1 Å². The number of hydrogen-bond donors (Lipinski definition) is 3. The molecule has 1 fully saturated rings. The van der Waals surface area contributed by atoms with Crippen LogP contribution >= 0.6 is 0 Å². The van der Waals surface area contributed by atoms with Crippen molar-refractivity contribution in [3.8, 4) is 0 Å². The van der Waals surface area contributed by atoms with Gasteiger partial charge in [0.25, 0.3) is 0 Å². The van der Waals surface area contributed by atoms with Gasteiger partial charge in [0.2, 0.25) is 0 Å². The molecule has 1 heterocycles. The summed E-state index contributed by atoms with van der Waals surface area (Å²) in [5.74, 6) is 0. The highest BCUT2D eigenvalue weighted by Crippen LogP contribution is 2.24. The van der Waals surface area contributed by atoms with Gasteiger partial charge in [0.05, 0.1) is 7.98 Å². The SMILES string of the molecule is [2H]C(CCCCCCCCCCC)O[C@H]1[C@H](O)[C@@H](O)C(OC)O[C@@H]1CO. The van der Waals surface area contributed by atoms with E-state index in [9.17, 15) is 15.3 Å². The normalized spacial score (nSPS) is 31.7. The Morgan fingerprint density at radius 2 is 1.48 bits per heavy atom. The largest absolute Gasteiger partial charge is 0.394 e. The quantitative estimate of drug-likeness (QED) is 0.411. The van der Waals surface area contributed by atoms with Crippen LogP contribution in [0.5, 0.6) is 0 Å². The molecule has 0 aliphatic carbocycles. The van der Waals surface area contributed by atoms with Crippen molar-refractivity contribution >= 4 is 0 Å². The Labute approximate surface area is 153 Å². The van der Waals surface area contributed by atoms with Gasteiger partial charge in [-0.2, -0.15) is 0 Å². The second-order valence-electron chi connectivity index (χ2n) is 6.83. The average molecular weight is 364 g/mol. The van der Waals surface area contributed by atoms with E-state index in [0.29, 0.717) is 6.42 Å². The van der Waals surface area contributed by atoms with Crippen LogP contribution in [0.2, 0.25) is 0 Å². The van der Waals surface area contributed by atoms with Gasteiger partial charge in [-0.1, -0.05) is 64.7 Å². The average Bonchev–Trinajstić information content (AvgIpc) is 2.64. The molecule has 6 heteroatoms. The minimum atomic E-state index is -1.27. The van der Waals surface area contributed by atoms with Crippen LogP contribution in [0, 0.1) is 0 Å². The third-order valence-electron chi connectivity index (χ3n) is 4.73. The first-order chi connectivity index (χ1) is 12.5. The molecule has 1 rings (SSSR count). The molecule has 0 aromatic carbocycles. The van der Waals surface area contributed by atoms with Crippen LogP contribution in [0.25, 0.3) is 0 Å². The van der Waals surface area contributed by atoms with Gasteiger partial charge in [0.1, 0.15) is 24.4 Å². The molecular formula is C19H38O6. The molecule has 0 aromatic heterocycles. The third-order valence-corrected chi connectivity index (χ3v) is 4.73.